The van der Waals surface area contributed by atoms with Gasteiger partial charge >= 0.3 is 0 Å². The van der Waals surface area contributed by atoms with Gasteiger partial charge < -0.3 is 10.1 Å². The lowest BCUT2D eigenvalue weighted by Crippen LogP contribution is -2.40. The summed E-state index contributed by atoms with van der Waals surface area (Å²) in [4.78, 5) is 0. The highest BCUT2D eigenvalue weighted by molar-refractivity contribution is 7.92. The standard InChI is InChI=1S/C13H19FN2O3S/c1-19-11-5-6-12(14)13(8-11)16-20(17,18)9-10-4-2-3-7-15-10/h5-6,8,10,15-16H,2-4,7,9H2,1H3. The van der Waals surface area contributed by atoms with Crippen molar-refractivity contribution < 1.29 is 17.5 Å². The van der Waals surface area contributed by atoms with Crippen LogP contribution in [0, 0.1) is 5.82 Å². The SMILES string of the molecule is COc1ccc(F)c(NS(=O)(=O)CC2CCCCN2)c1. The number of hydrogen-bond acceptors (Lipinski definition) is 4. The van der Waals surface area contributed by atoms with E-state index in [9.17, 15) is 12.8 Å². The number of hydrogen-bond donors (Lipinski definition) is 2. The molecule has 5 nitrogen and oxygen atoms in total. The van der Waals surface area contributed by atoms with Crippen molar-refractivity contribution in [2.24, 2.45) is 0 Å². The zero-order valence-electron chi connectivity index (χ0n) is 11.4. The van der Waals surface area contributed by atoms with Gasteiger partial charge in [0, 0.05) is 12.1 Å². The van der Waals surface area contributed by atoms with Gasteiger partial charge in [-0.1, -0.05) is 6.42 Å². The molecule has 0 spiro atoms. The molecule has 7 heteroatoms. The Kier molecular flexibility index (Phi) is 4.82. The van der Waals surface area contributed by atoms with Crippen molar-refractivity contribution in [3.8, 4) is 5.75 Å². The number of benzene rings is 1. The Morgan fingerprint density at radius 1 is 1.45 bits per heavy atom. The van der Waals surface area contributed by atoms with E-state index in [0.717, 1.165) is 25.8 Å². The summed E-state index contributed by atoms with van der Waals surface area (Å²) in [6.07, 6.45) is 2.90. The number of anilines is 1. The average molecular weight is 302 g/mol. The molecule has 0 aliphatic carbocycles. The molecule has 1 unspecified atom stereocenters. The number of methoxy groups -OCH3 is 1. The summed E-state index contributed by atoms with van der Waals surface area (Å²) >= 11 is 0. The molecule has 1 atom stereocenters. The van der Waals surface area contributed by atoms with Crippen LogP contribution in [0.3, 0.4) is 0 Å². The van der Waals surface area contributed by atoms with Crippen LogP contribution in [0.4, 0.5) is 10.1 Å². The fraction of sp³-hybridized carbons (Fsp3) is 0.538. The second-order valence-corrected chi connectivity index (χ2v) is 6.64. The molecule has 2 rings (SSSR count). The molecule has 1 saturated heterocycles. The van der Waals surface area contributed by atoms with Gasteiger partial charge in [-0.3, -0.25) is 4.72 Å². The Bertz CT molecular complexity index is 557. The molecule has 0 bridgehead atoms. The topological polar surface area (TPSA) is 67.4 Å². The van der Waals surface area contributed by atoms with Crippen LogP contribution >= 0.6 is 0 Å². The van der Waals surface area contributed by atoms with Crippen LogP contribution in [-0.2, 0) is 10.0 Å². The van der Waals surface area contributed by atoms with Gasteiger partial charge in [0.1, 0.15) is 11.6 Å². The molecule has 1 aliphatic rings. The first-order valence-electron chi connectivity index (χ1n) is 6.57. The van der Waals surface area contributed by atoms with Crippen LogP contribution < -0.4 is 14.8 Å². The lowest BCUT2D eigenvalue weighted by atomic mass is 10.1. The Hall–Kier alpha value is -1.34. The summed E-state index contributed by atoms with van der Waals surface area (Å²) in [5.41, 5.74) is -0.0832. The molecule has 0 saturated carbocycles. The Balaban J connectivity index is 2.07. The Morgan fingerprint density at radius 2 is 2.25 bits per heavy atom. The van der Waals surface area contributed by atoms with E-state index in [1.54, 1.807) is 0 Å². The van der Waals surface area contributed by atoms with Gasteiger partial charge in [-0.2, -0.15) is 0 Å². The van der Waals surface area contributed by atoms with E-state index in [2.05, 4.69) is 10.0 Å². The number of sulfonamides is 1. The van der Waals surface area contributed by atoms with Gasteiger partial charge in [0.15, 0.2) is 0 Å². The predicted molar refractivity (Wildman–Crippen MR) is 76.0 cm³/mol. The molecule has 112 valence electrons. The van der Waals surface area contributed by atoms with E-state index >= 15 is 0 Å². The fourth-order valence-corrected chi connectivity index (χ4v) is 3.64. The summed E-state index contributed by atoms with van der Waals surface area (Å²) in [5.74, 6) is -0.269. The summed E-state index contributed by atoms with van der Waals surface area (Å²) in [6, 6.07) is 3.88. The molecule has 1 aromatic rings. The van der Waals surface area contributed by atoms with E-state index in [0.29, 0.717) is 5.75 Å². The number of nitrogens with one attached hydrogen (secondary N) is 2. The largest absolute Gasteiger partial charge is 0.497 e. The summed E-state index contributed by atoms with van der Waals surface area (Å²) in [6.45, 7) is 0.827. The smallest absolute Gasteiger partial charge is 0.234 e. The average Bonchev–Trinajstić information content (AvgIpc) is 2.41. The van der Waals surface area contributed by atoms with Gasteiger partial charge in [0.05, 0.1) is 18.6 Å². The second-order valence-electron chi connectivity index (χ2n) is 4.88. The van der Waals surface area contributed by atoms with E-state index in [1.807, 2.05) is 0 Å². The molecule has 1 aliphatic heterocycles. The monoisotopic (exact) mass is 302 g/mol. The summed E-state index contributed by atoms with van der Waals surface area (Å²) in [5, 5.41) is 3.16. The van der Waals surface area contributed by atoms with E-state index in [4.69, 9.17) is 4.74 Å². The highest BCUT2D eigenvalue weighted by Crippen LogP contribution is 2.22. The van der Waals surface area contributed by atoms with Crippen molar-refractivity contribution in [1.82, 2.24) is 5.32 Å². The number of ether oxygens (including phenoxy) is 1. The Labute approximate surface area is 118 Å². The normalized spacial score (nSPS) is 19.6. The van der Waals surface area contributed by atoms with Crippen molar-refractivity contribution in [2.75, 3.05) is 24.1 Å². The van der Waals surface area contributed by atoms with E-state index in [-0.39, 0.29) is 17.5 Å². The molecule has 0 radical (unpaired) electrons. The highest BCUT2D eigenvalue weighted by atomic mass is 32.2. The second kappa shape index (κ2) is 6.41. The molecule has 0 aromatic heterocycles. The fourth-order valence-electron chi connectivity index (χ4n) is 2.25. The van der Waals surface area contributed by atoms with Gasteiger partial charge in [-0.25, -0.2) is 12.8 Å². The van der Waals surface area contributed by atoms with Crippen LogP contribution in [-0.4, -0.2) is 33.9 Å². The molecule has 1 heterocycles. The van der Waals surface area contributed by atoms with Crippen molar-refractivity contribution in [3.05, 3.63) is 24.0 Å². The minimum Gasteiger partial charge on any atom is -0.497 e. The van der Waals surface area contributed by atoms with Crippen LogP contribution in [0.15, 0.2) is 18.2 Å². The van der Waals surface area contributed by atoms with Crippen LogP contribution in [0.1, 0.15) is 19.3 Å². The maximum absolute atomic E-state index is 13.6. The van der Waals surface area contributed by atoms with Gasteiger partial charge in [0.2, 0.25) is 10.0 Å². The summed E-state index contributed by atoms with van der Waals surface area (Å²) < 4.78 is 45.0. The molecule has 1 aromatic carbocycles. The Morgan fingerprint density at radius 3 is 2.90 bits per heavy atom. The van der Waals surface area contributed by atoms with Crippen molar-refractivity contribution in [1.29, 1.82) is 0 Å². The number of rotatable bonds is 5. The summed E-state index contributed by atoms with van der Waals surface area (Å²) in [7, 11) is -2.15. The third-order valence-electron chi connectivity index (χ3n) is 3.27. The maximum Gasteiger partial charge on any atom is 0.234 e. The first-order chi connectivity index (χ1) is 9.50. The van der Waals surface area contributed by atoms with Gasteiger partial charge in [-0.15, -0.1) is 0 Å². The molecular formula is C13H19FN2O3S. The van der Waals surface area contributed by atoms with Gasteiger partial charge in [0.25, 0.3) is 0 Å². The lowest BCUT2D eigenvalue weighted by Gasteiger charge is -2.23. The van der Waals surface area contributed by atoms with Crippen LogP contribution in [0.25, 0.3) is 0 Å². The molecule has 1 fully saturated rings. The first-order valence-corrected chi connectivity index (χ1v) is 8.23. The minimum atomic E-state index is -3.59. The number of piperidine rings is 1. The van der Waals surface area contributed by atoms with Gasteiger partial charge in [-0.05, 0) is 31.5 Å². The zero-order valence-corrected chi connectivity index (χ0v) is 12.2. The zero-order chi connectivity index (χ0) is 14.6. The molecule has 20 heavy (non-hydrogen) atoms. The number of halogens is 1. The lowest BCUT2D eigenvalue weighted by molar-refractivity contribution is 0.414. The quantitative estimate of drug-likeness (QED) is 0.869. The first kappa shape index (κ1) is 15.1. The van der Waals surface area contributed by atoms with Crippen molar-refractivity contribution >= 4 is 15.7 Å². The van der Waals surface area contributed by atoms with Crippen molar-refractivity contribution in [3.63, 3.8) is 0 Å². The minimum absolute atomic E-state index is 0.0519. The highest BCUT2D eigenvalue weighted by Gasteiger charge is 2.22. The van der Waals surface area contributed by atoms with E-state index < -0.39 is 15.8 Å². The van der Waals surface area contributed by atoms with Crippen LogP contribution in [0.5, 0.6) is 5.75 Å². The third-order valence-corrected chi connectivity index (χ3v) is 4.64. The predicted octanol–water partition coefficient (Wildman–Crippen LogP) is 1.72. The molecular weight excluding hydrogens is 283 g/mol. The van der Waals surface area contributed by atoms with E-state index in [1.165, 1.54) is 25.3 Å². The van der Waals surface area contributed by atoms with Crippen molar-refractivity contribution in [2.45, 2.75) is 25.3 Å². The molecule has 0 amide bonds. The molecule has 2 N–H and O–H groups in total. The third kappa shape index (κ3) is 4.08. The maximum atomic E-state index is 13.6. The van der Waals surface area contributed by atoms with Crippen LogP contribution in [0.2, 0.25) is 0 Å².